The first-order chi connectivity index (χ1) is 28.0. The van der Waals surface area contributed by atoms with E-state index in [-0.39, 0.29) is 30.6 Å². The van der Waals surface area contributed by atoms with E-state index < -0.39 is 17.6 Å². The smallest absolute Gasteiger partial charge is 0.330 e. The molecule has 0 saturated heterocycles. The van der Waals surface area contributed by atoms with E-state index in [9.17, 15) is 14.4 Å². The second-order valence-electron chi connectivity index (χ2n) is 18.6. The zero-order chi connectivity index (χ0) is 43.0. The molecule has 0 aromatic heterocycles. The molecule has 344 valence electrons. The van der Waals surface area contributed by atoms with E-state index in [0.717, 1.165) is 44.9 Å². The van der Waals surface area contributed by atoms with Crippen molar-refractivity contribution in [3.63, 3.8) is 0 Å². The van der Waals surface area contributed by atoms with Gasteiger partial charge in [-0.15, -0.1) is 0 Å². The van der Waals surface area contributed by atoms with Crippen molar-refractivity contribution in [3.8, 4) is 0 Å². The Labute approximate surface area is 360 Å². The first kappa shape index (κ1) is 56.3. The Morgan fingerprint density at radius 3 is 1.19 bits per heavy atom. The van der Waals surface area contributed by atoms with Crippen LogP contribution in [0.5, 0.6) is 0 Å². The molecule has 0 radical (unpaired) electrons. The Balaban J connectivity index is 4.50. The lowest BCUT2D eigenvalue weighted by atomic mass is 10.0. The zero-order valence-corrected chi connectivity index (χ0v) is 39.7. The summed E-state index contributed by atoms with van der Waals surface area (Å²) in [6.45, 7) is 13.3. The maximum Gasteiger partial charge on any atom is 0.330 e. The summed E-state index contributed by atoms with van der Waals surface area (Å²) < 4.78 is 17.2. The molecule has 0 spiro atoms. The monoisotopic (exact) mass is 823 g/mol. The molecule has 2 N–H and O–H groups in total. The molecular weight excluding hydrogens is 725 g/mol. The summed E-state index contributed by atoms with van der Waals surface area (Å²) >= 11 is 0. The summed E-state index contributed by atoms with van der Waals surface area (Å²) in [5.74, 6) is -0.774. The molecule has 0 fully saturated rings. The second kappa shape index (κ2) is 39.5. The van der Waals surface area contributed by atoms with Crippen LogP contribution in [0, 0.1) is 0 Å². The van der Waals surface area contributed by atoms with Crippen molar-refractivity contribution in [2.45, 2.75) is 277 Å². The number of rotatable bonds is 44. The van der Waals surface area contributed by atoms with Crippen LogP contribution in [0.1, 0.15) is 260 Å². The van der Waals surface area contributed by atoms with Crippen LogP contribution in [0.2, 0.25) is 0 Å². The summed E-state index contributed by atoms with van der Waals surface area (Å²) in [7, 11) is 1.70. The lowest BCUT2D eigenvalue weighted by Crippen LogP contribution is -2.49. The molecule has 0 aromatic carbocycles. The SMILES string of the molecule is CCCCCCCCCCCCCCCCCC(=O)NCC(NC(=O)CCCCCCCCCCCCCCCCC)C(=O)OCCC(C)(C)OCCC(C)(C)OC. The van der Waals surface area contributed by atoms with Crippen LogP contribution in [0.25, 0.3) is 0 Å². The highest BCUT2D eigenvalue weighted by molar-refractivity contribution is 5.85. The van der Waals surface area contributed by atoms with Crippen LogP contribution >= 0.6 is 0 Å². The van der Waals surface area contributed by atoms with Crippen LogP contribution < -0.4 is 10.6 Å². The fraction of sp³-hybridized carbons (Fsp3) is 0.940. The average molecular weight is 823 g/mol. The quantitative estimate of drug-likeness (QED) is 0.0469. The van der Waals surface area contributed by atoms with Gasteiger partial charge in [0.2, 0.25) is 11.8 Å². The third-order valence-corrected chi connectivity index (χ3v) is 11.8. The van der Waals surface area contributed by atoms with Crippen molar-refractivity contribution < 1.29 is 28.6 Å². The number of nitrogens with one attached hydrogen (secondary N) is 2. The van der Waals surface area contributed by atoms with E-state index in [2.05, 4.69) is 24.5 Å². The molecule has 0 bridgehead atoms. The van der Waals surface area contributed by atoms with Gasteiger partial charge in [0.05, 0.1) is 24.4 Å². The van der Waals surface area contributed by atoms with Crippen molar-refractivity contribution in [1.29, 1.82) is 0 Å². The van der Waals surface area contributed by atoms with Crippen molar-refractivity contribution in [2.75, 3.05) is 26.9 Å². The Morgan fingerprint density at radius 2 is 0.810 bits per heavy atom. The molecule has 0 aliphatic heterocycles. The Morgan fingerprint density at radius 1 is 0.466 bits per heavy atom. The third-order valence-electron chi connectivity index (χ3n) is 11.8. The highest BCUT2D eigenvalue weighted by atomic mass is 16.5. The summed E-state index contributed by atoms with van der Waals surface area (Å²) in [6, 6.07) is -0.916. The van der Waals surface area contributed by atoms with Gasteiger partial charge in [-0.05, 0) is 47.0 Å². The van der Waals surface area contributed by atoms with E-state index in [1.807, 2.05) is 27.7 Å². The predicted octanol–water partition coefficient (Wildman–Crippen LogP) is 13.7. The van der Waals surface area contributed by atoms with E-state index in [1.54, 1.807) is 7.11 Å². The molecule has 1 atom stereocenters. The maximum absolute atomic E-state index is 13.2. The maximum atomic E-state index is 13.2. The molecule has 0 aromatic rings. The highest BCUT2D eigenvalue weighted by Gasteiger charge is 2.26. The van der Waals surface area contributed by atoms with Crippen LogP contribution in [-0.2, 0) is 28.6 Å². The minimum atomic E-state index is -0.916. The van der Waals surface area contributed by atoms with Gasteiger partial charge in [0.15, 0.2) is 0 Å². The molecule has 8 nitrogen and oxygen atoms in total. The molecule has 2 amide bonds. The van der Waals surface area contributed by atoms with Gasteiger partial charge in [-0.2, -0.15) is 0 Å². The molecular formula is C50H98N2O6. The number of unbranched alkanes of at least 4 members (excludes halogenated alkanes) is 28. The number of carbonyl (C=O) groups excluding carboxylic acids is 3. The lowest BCUT2D eigenvalue weighted by Gasteiger charge is -2.29. The van der Waals surface area contributed by atoms with Gasteiger partial charge in [0, 0.05) is 32.9 Å². The molecule has 0 aliphatic rings. The number of methoxy groups -OCH3 is 1. The van der Waals surface area contributed by atoms with Gasteiger partial charge in [0.1, 0.15) is 6.04 Å². The fourth-order valence-corrected chi connectivity index (χ4v) is 7.32. The van der Waals surface area contributed by atoms with E-state index >= 15 is 0 Å². The topological polar surface area (TPSA) is 103 Å². The van der Waals surface area contributed by atoms with Crippen LogP contribution in [0.3, 0.4) is 0 Å². The summed E-state index contributed by atoms with van der Waals surface area (Å²) in [5.41, 5.74) is -0.755. The van der Waals surface area contributed by atoms with Crippen molar-refractivity contribution >= 4 is 17.8 Å². The molecule has 0 heterocycles. The molecule has 0 saturated carbocycles. The van der Waals surface area contributed by atoms with Gasteiger partial charge in [-0.25, -0.2) is 4.79 Å². The predicted molar refractivity (Wildman–Crippen MR) is 245 cm³/mol. The van der Waals surface area contributed by atoms with Crippen molar-refractivity contribution in [2.24, 2.45) is 0 Å². The standard InChI is InChI=1S/C50H98N2O6/c1-8-10-12-14-16-18-20-22-24-26-28-30-32-34-36-38-46(53)51-44-45(48(55)57-42-40-50(5,6)58-43-41-49(3,4)56-7)52-47(54)39-37-35-33-31-29-27-25-23-21-19-17-15-13-11-9-2/h45H,8-44H2,1-7H3,(H,51,53)(H,52,54). The number of amides is 2. The van der Waals surface area contributed by atoms with E-state index in [0.29, 0.717) is 25.9 Å². The van der Waals surface area contributed by atoms with Crippen LogP contribution in [0.15, 0.2) is 0 Å². The van der Waals surface area contributed by atoms with Crippen molar-refractivity contribution in [3.05, 3.63) is 0 Å². The molecule has 1 unspecified atom stereocenters. The molecule has 8 heteroatoms. The minimum absolute atomic E-state index is 0.0347. The third kappa shape index (κ3) is 38.5. The minimum Gasteiger partial charge on any atom is -0.464 e. The number of hydrogen-bond acceptors (Lipinski definition) is 6. The van der Waals surface area contributed by atoms with Gasteiger partial charge >= 0.3 is 5.97 Å². The Hall–Kier alpha value is -1.67. The summed E-state index contributed by atoms with van der Waals surface area (Å²) in [6.07, 6.45) is 40.3. The van der Waals surface area contributed by atoms with Gasteiger partial charge in [-0.1, -0.05) is 194 Å². The first-order valence-electron chi connectivity index (χ1n) is 24.9. The largest absolute Gasteiger partial charge is 0.464 e. The fourth-order valence-electron chi connectivity index (χ4n) is 7.32. The molecule has 0 aliphatic carbocycles. The lowest BCUT2D eigenvalue weighted by molar-refractivity contribution is -0.149. The highest BCUT2D eigenvalue weighted by Crippen LogP contribution is 2.20. The summed E-state index contributed by atoms with van der Waals surface area (Å²) in [5, 5.41) is 5.78. The summed E-state index contributed by atoms with van der Waals surface area (Å²) in [4.78, 5) is 39.0. The number of carbonyl (C=O) groups is 3. The average Bonchev–Trinajstić information content (AvgIpc) is 3.19. The Kier molecular flexibility index (Phi) is 38.3. The number of hydrogen-bond donors (Lipinski definition) is 2. The van der Waals surface area contributed by atoms with Crippen molar-refractivity contribution in [1.82, 2.24) is 10.6 Å². The number of esters is 1. The Bertz CT molecular complexity index is 954. The first-order valence-corrected chi connectivity index (χ1v) is 24.9. The van der Waals surface area contributed by atoms with E-state index in [4.69, 9.17) is 14.2 Å². The van der Waals surface area contributed by atoms with Crippen LogP contribution in [0.4, 0.5) is 0 Å². The number of ether oxygens (including phenoxy) is 3. The zero-order valence-electron chi connectivity index (χ0n) is 39.7. The normalized spacial score (nSPS) is 12.5. The second-order valence-corrected chi connectivity index (χ2v) is 18.6. The van der Waals surface area contributed by atoms with Gasteiger partial charge < -0.3 is 24.8 Å². The van der Waals surface area contributed by atoms with E-state index in [1.165, 1.54) is 154 Å². The van der Waals surface area contributed by atoms with Crippen LogP contribution in [-0.4, -0.2) is 61.9 Å². The van der Waals surface area contributed by atoms with Gasteiger partial charge in [-0.3, -0.25) is 9.59 Å². The molecule has 58 heavy (non-hydrogen) atoms. The van der Waals surface area contributed by atoms with Gasteiger partial charge in [0.25, 0.3) is 0 Å². The molecule has 0 rings (SSSR count).